The van der Waals surface area contributed by atoms with Gasteiger partial charge in [0.05, 0.1) is 45.8 Å². The number of fused-ring (bicyclic) bond motifs is 9. The third kappa shape index (κ3) is 4.99. The van der Waals surface area contributed by atoms with E-state index in [4.69, 9.17) is 0 Å². The molecular weight excluding hydrogens is 801 g/mol. The average Bonchev–Trinajstić information content (AvgIpc) is 4.13. The minimum atomic E-state index is 0.989. The van der Waals surface area contributed by atoms with Crippen molar-refractivity contribution in [3.63, 3.8) is 0 Å². The number of aromatic nitrogens is 4. The zero-order valence-corrected chi connectivity index (χ0v) is 37.0. The van der Waals surface area contributed by atoms with Crippen molar-refractivity contribution in [1.82, 2.24) is 19.1 Å². The fraction of sp³-hybridized carbons (Fsp3) is 0.129. The Hall–Kier alpha value is -7.82. The van der Waals surface area contributed by atoms with E-state index in [1.165, 1.54) is 143 Å². The number of hydrogen-bond acceptors (Lipinski definition) is 2. The van der Waals surface area contributed by atoms with E-state index in [-0.39, 0.29) is 0 Å². The Morgan fingerprint density at radius 1 is 0.348 bits per heavy atom. The summed E-state index contributed by atoms with van der Waals surface area (Å²) in [5.74, 6) is 0. The summed E-state index contributed by atoms with van der Waals surface area (Å²) >= 11 is 0. The third-order valence-corrected chi connectivity index (χ3v) is 15.8. The highest BCUT2D eigenvalue weighted by Gasteiger charge is 2.26. The van der Waals surface area contributed by atoms with Crippen molar-refractivity contribution >= 4 is 65.2 Å². The first-order chi connectivity index (χ1) is 32.5. The molecule has 8 aromatic carbocycles. The first-order valence-electron chi connectivity index (χ1n) is 23.7. The molecule has 0 N–H and O–H groups in total. The lowest BCUT2D eigenvalue weighted by Gasteiger charge is -2.22. The number of pyridine rings is 2. The van der Waals surface area contributed by atoms with E-state index in [0.717, 1.165) is 49.9 Å². The first-order valence-corrected chi connectivity index (χ1v) is 23.7. The first kappa shape index (κ1) is 36.5. The molecule has 0 saturated heterocycles. The SMILES string of the molecule is Cc1ccncc1-n1c2ccc(-c3ccc4c5c(cccc35)CC4)cc2c2cc3c(cc21)-c1cc2c(cc1CC3)c1cc(-c3ccc4c5c(cccc35)CC4)ccc1n2-c1cnccc1C. The van der Waals surface area contributed by atoms with Gasteiger partial charge in [0, 0.05) is 33.9 Å². The van der Waals surface area contributed by atoms with Crippen molar-refractivity contribution in [3.8, 4) is 44.8 Å². The van der Waals surface area contributed by atoms with Gasteiger partial charge in [-0.25, -0.2) is 0 Å². The molecular formula is C62H44N4. The van der Waals surface area contributed by atoms with E-state index in [1.54, 1.807) is 0 Å². The molecule has 0 bridgehead atoms. The fourth-order valence-corrected chi connectivity index (χ4v) is 12.6. The summed E-state index contributed by atoms with van der Waals surface area (Å²) in [5, 5.41) is 10.8. The molecule has 0 radical (unpaired) electrons. The molecule has 4 heterocycles. The van der Waals surface area contributed by atoms with Gasteiger partial charge in [-0.05, 0) is 212 Å². The van der Waals surface area contributed by atoms with Crippen LogP contribution in [0, 0.1) is 13.8 Å². The number of hydrogen-bond donors (Lipinski definition) is 0. The molecule has 66 heavy (non-hydrogen) atoms. The standard InChI is InChI=1S/C62H44N4/c1-35-23-25-63-33-59(35)65-55-21-17-41(45-19-15-39-11-9-37-5-3-7-47(45)61(37)39)27-51(55)53-29-43-13-14-44-30-54-52-28-42(46-20-16-40-12-10-38-6-4-8-48(46)62(38)40)18-22-56(52)66(60-34-64-26-24-36(60)2)58(54)32-50(44)49(43)31-57(53)65/h3-8,15-34H,9-14H2,1-2H3. The smallest absolute Gasteiger partial charge is 0.0674 e. The topological polar surface area (TPSA) is 35.6 Å². The molecule has 0 amide bonds. The molecule has 3 aliphatic rings. The van der Waals surface area contributed by atoms with Crippen molar-refractivity contribution in [2.75, 3.05) is 0 Å². The summed E-state index contributed by atoms with van der Waals surface area (Å²) in [4.78, 5) is 9.37. The Labute approximate surface area is 382 Å². The van der Waals surface area contributed by atoms with Gasteiger partial charge in [0.1, 0.15) is 0 Å². The molecule has 0 spiro atoms. The van der Waals surface area contributed by atoms with Gasteiger partial charge in [-0.2, -0.15) is 0 Å². The summed E-state index contributed by atoms with van der Waals surface area (Å²) in [6.45, 7) is 4.41. The summed E-state index contributed by atoms with van der Waals surface area (Å²) in [6.07, 6.45) is 14.4. The minimum Gasteiger partial charge on any atom is -0.307 e. The van der Waals surface area contributed by atoms with Crippen LogP contribution in [0.25, 0.3) is 110 Å². The molecule has 3 aliphatic carbocycles. The van der Waals surface area contributed by atoms with Crippen LogP contribution in [0.15, 0.2) is 158 Å². The monoisotopic (exact) mass is 844 g/mol. The summed E-state index contributed by atoms with van der Waals surface area (Å²) < 4.78 is 4.93. The van der Waals surface area contributed by atoms with Crippen LogP contribution in [-0.2, 0) is 38.5 Å². The Bertz CT molecular complexity index is 3850. The Morgan fingerprint density at radius 2 is 0.773 bits per heavy atom. The minimum absolute atomic E-state index is 0.989. The molecule has 0 fully saturated rings. The Morgan fingerprint density at radius 3 is 1.23 bits per heavy atom. The second kappa shape index (κ2) is 13.4. The summed E-state index contributed by atoms with van der Waals surface area (Å²) in [7, 11) is 0. The highest BCUT2D eigenvalue weighted by molar-refractivity contribution is 6.16. The molecule has 4 heteroatoms. The quantitative estimate of drug-likeness (QED) is 0.177. The van der Waals surface area contributed by atoms with E-state index in [0.29, 0.717) is 0 Å². The normalized spacial score (nSPS) is 13.8. The Kier molecular flexibility index (Phi) is 7.40. The largest absolute Gasteiger partial charge is 0.307 e. The maximum atomic E-state index is 4.68. The molecule has 0 aliphatic heterocycles. The lowest BCUT2D eigenvalue weighted by atomic mass is 9.83. The van der Waals surface area contributed by atoms with Gasteiger partial charge < -0.3 is 9.13 Å². The highest BCUT2D eigenvalue weighted by atomic mass is 15.0. The van der Waals surface area contributed by atoms with Gasteiger partial charge in [0.2, 0.25) is 0 Å². The molecule has 0 unspecified atom stereocenters. The van der Waals surface area contributed by atoms with E-state index >= 15 is 0 Å². The van der Waals surface area contributed by atoms with Crippen molar-refractivity contribution in [1.29, 1.82) is 0 Å². The second-order valence-electron chi connectivity index (χ2n) is 19.2. The number of benzene rings is 8. The van der Waals surface area contributed by atoms with Crippen LogP contribution in [0.1, 0.15) is 44.5 Å². The Balaban J connectivity index is 0.967. The van der Waals surface area contributed by atoms with Crippen molar-refractivity contribution in [2.45, 2.75) is 52.4 Å². The molecule has 312 valence electrons. The molecule has 0 atom stereocenters. The number of nitrogens with zero attached hydrogens (tertiary/aromatic N) is 4. The third-order valence-electron chi connectivity index (χ3n) is 15.8. The van der Waals surface area contributed by atoms with Gasteiger partial charge in [0.25, 0.3) is 0 Å². The van der Waals surface area contributed by atoms with E-state index in [2.05, 4.69) is 166 Å². The number of aryl methyl sites for hydroxylation is 8. The predicted octanol–water partition coefficient (Wildman–Crippen LogP) is 14.9. The number of rotatable bonds is 4. The van der Waals surface area contributed by atoms with E-state index < -0.39 is 0 Å². The van der Waals surface area contributed by atoms with Crippen LogP contribution in [-0.4, -0.2) is 19.1 Å². The van der Waals surface area contributed by atoms with Crippen LogP contribution < -0.4 is 0 Å². The maximum Gasteiger partial charge on any atom is 0.0674 e. The molecule has 12 aromatic rings. The lowest BCUT2D eigenvalue weighted by Crippen LogP contribution is -2.05. The summed E-state index contributed by atoms with van der Waals surface area (Å²) in [6, 6.07) is 51.8. The van der Waals surface area contributed by atoms with Crippen LogP contribution in [0.3, 0.4) is 0 Å². The molecule has 4 nitrogen and oxygen atoms in total. The molecule has 15 rings (SSSR count). The van der Waals surface area contributed by atoms with Crippen LogP contribution in [0.5, 0.6) is 0 Å². The average molecular weight is 845 g/mol. The van der Waals surface area contributed by atoms with Gasteiger partial charge in [-0.15, -0.1) is 0 Å². The van der Waals surface area contributed by atoms with Crippen LogP contribution in [0.2, 0.25) is 0 Å². The van der Waals surface area contributed by atoms with Gasteiger partial charge in [-0.1, -0.05) is 72.8 Å². The van der Waals surface area contributed by atoms with Gasteiger partial charge in [0.15, 0.2) is 0 Å². The highest BCUT2D eigenvalue weighted by Crippen LogP contribution is 2.47. The van der Waals surface area contributed by atoms with Crippen molar-refractivity contribution in [2.24, 2.45) is 0 Å². The van der Waals surface area contributed by atoms with Crippen LogP contribution in [0.4, 0.5) is 0 Å². The summed E-state index contributed by atoms with van der Waals surface area (Å²) in [5.41, 5.74) is 26.0. The predicted molar refractivity (Wildman–Crippen MR) is 274 cm³/mol. The van der Waals surface area contributed by atoms with Crippen molar-refractivity contribution in [3.05, 3.63) is 203 Å². The molecule has 4 aromatic heterocycles. The lowest BCUT2D eigenvalue weighted by molar-refractivity contribution is 0.945. The zero-order valence-electron chi connectivity index (χ0n) is 37.0. The molecule has 0 saturated carbocycles. The van der Waals surface area contributed by atoms with Crippen LogP contribution >= 0.6 is 0 Å². The fourth-order valence-electron chi connectivity index (χ4n) is 12.6. The zero-order chi connectivity index (χ0) is 43.4. The maximum absolute atomic E-state index is 4.68. The van der Waals surface area contributed by atoms with Crippen molar-refractivity contribution < 1.29 is 0 Å². The second-order valence-corrected chi connectivity index (χ2v) is 19.2. The van der Waals surface area contributed by atoms with Gasteiger partial charge in [-0.3, -0.25) is 9.97 Å². The van der Waals surface area contributed by atoms with E-state index in [1.807, 2.05) is 24.8 Å². The van der Waals surface area contributed by atoms with Gasteiger partial charge >= 0.3 is 0 Å². The van der Waals surface area contributed by atoms with E-state index in [9.17, 15) is 0 Å².